The quantitative estimate of drug-likeness (QED) is 0.433. The van der Waals surface area contributed by atoms with Crippen LogP contribution in [0.2, 0.25) is 0 Å². The Morgan fingerprint density at radius 2 is 1.90 bits per heavy atom. The highest BCUT2D eigenvalue weighted by Crippen LogP contribution is 2.21. The second kappa shape index (κ2) is 10.4. The van der Waals surface area contributed by atoms with E-state index in [0.717, 1.165) is 16.5 Å². The van der Waals surface area contributed by atoms with Gasteiger partial charge in [-0.05, 0) is 61.2 Å². The van der Waals surface area contributed by atoms with Crippen molar-refractivity contribution in [2.75, 3.05) is 13.7 Å². The lowest BCUT2D eigenvalue weighted by atomic mass is 10.1. The van der Waals surface area contributed by atoms with Crippen LogP contribution >= 0.6 is 11.3 Å². The highest BCUT2D eigenvalue weighted by atomic mass is 32.1. The van der Waals surface area contributed by atoms with Crippen molar-refractivity contribution >= 4 is 17.2 Å². The molecule has 0 fully saturated rings. The molecule has 164 valence electrons. The summed E-state index contributed by atoms with van der Waals surface area (Å²) in [6.07, 6.45) is 0. The van der Waals surface area contributed by atoms with Gasteiger partial charge in [-0.3, -0.25) is 4.79 Å². The van der Waals surface area contributed by atoms with Crippen LogP contribution in [0.3, 0.4) is 0 Å². The molecule has 0 aliphatic carbocycles. The van der Waals surface area contributed by atoms with Gasteiger partial charge in [-0.15, -0.1) is 11.3 Å². The summed E-state index contributed by atoms with van der Waals surface area (Å²) in [6.45, 7) is 9.91. The SMILES string of the molecule is COc1cccc(C(=O)N(Cc2csc(COc3ccc(C)c(C)c3)n2)CC(C)C)c1. The van der Waals surface area contributed by atoms with Crippen LogP contribution in [0.4, 0.5) is 0 Å². The molecule has 6 heteroatoms. The Bertz CT molecular complexity index is 1030. The molecule has 1 heterocycles. The molecule has 1 aromatic heterocycles. The van der Waals surface area contributed by atoms with E-state index < -0.39 is 0 Å². The number of benzene rings is 2. The van der Waals surface area contributed by atoms with Crippen LogP contribution in [0.1, 0.15) is 46.0 Å². The number of rotatable bonds is 9. The first kappa shape index (κ1) is 22.8. The number of hydrogen-bond donors (Lipinski definition) is 0. The summed E-state index contributed by atoms with van der Waals surface area (Å²) in [5.74, 6) is 1.85. The molecule has 0 saturated heterocycles. The fourth-order valence-electron chi connectivity index (χ4n) is 3.23. The Kier molecular flexibility index (Phi) is 7.69. The molecule has 0 aliphatic heterocycles. The molecule has 3 aromatic rings. The number of nitrogens with zero attached hydrogens (tertiary/aromatic N) is 2. The number of aromatic nitrogens is 1. The van der Waals surface area contributed by atoms with Crippen LogP contribution in [-0.4, -0.2) is 29.4 Å². The van der Waals surface area contributed by atoms with Gasteiger partial charge in [-0.2, -0.15) is 0 Å². The minimum absolute atomic E-state index is 0.0199. The molecule has 31 heavy (non-hydrogen) atoms. The third kappa shape index (κ3) is 6.31. The van der Waals surface area contributed by atoms with Gasteiger partial charge < -0.3 is 14.4 Å². The lowest BCUT2D eigenvalue weighted by Gasteiger charge is -2.24. The molecule has 0 spiro atoms. The number of carbonyl (C=O) groups is 1. The molecule has 0 saturated carbocycles. The first-order valence-electron chi connectivity index (χ1n) is 10.4. The second-order valence-electron chi connectivity index (χ2n) is 8.08. The molecule has 5 nitrogen and oxygen atoms in total. The molecule has 0 atom stereocenters. The number of thiazole rings is 1. The van der Waals surface area contributed by atoms with E-state index in [1.54, 1.807) is 24.5 Å². The van der Waals surface area contributed by atoms with Crippen molar-refractivity contribution in [1.82, 2.24) is 9.88 Å². The van der Waals surface area contributed by atoms with Crippen LogP contribution in [0.25, 0.3) is 0 Å². The highest BCUT2D eigenvalue weighted by molar-refractivity contribution is 7.09. The summed E-state index contributed by atoms with van der Waals surface area (Å²) in [4.78, 5) is 19.7. The fourth-order valence-corrected chi connectivity index (χ4v) is 3.93. The van der Waals surface area contributed by atoms with Gasteiger partial charge in [0.15, 0.2) is 0 Å². The number of carbonyl (C=O) groups excluding carboxylic acids is 1. The van der Waals surface area contributed by atoms with Gasteiger partial charge in [-0.1, -0.05) is 26.0 Å². The van der Waals surface area contributed by atoms with Crippen molar-refractivity contribution in [3.63, 3.8) is 0 Å². The van der Waals surface area contributed by atoms with E-state index in [1.807, 2.05) is 40.6 Å². The Labute approximate surface area is 188 Å². The van der Waals surface area contributed by atoms with Crippen molar-refractivity contribution in [3.05, 3.63) is 75.2 Å². The van der Waals surface area contributed by atoms with Gasteiger partial charge in [0.05, 0.1) is 19.3 Å². The van der Waals surface area contributed by atoms with E-state index in [-0.39, 0.29) is 5.91 Å². The number of hydrogen-bond acceptors (Lipinski definition) is 5. The zero-order chi connectivity index (χ0) is 22.4. The van der Waals surface area contributed by atoms with E-state index in [2.05, 4.69) is 33.8 Å². The Morgan fingerprint density at radius 3 is 2.61 bits per heavy atom. The minimum Gasteiger partial charge on any atom is -0.497 e. The van der Waals surface area contributed by atoms with Gasteiger partial charge >= 0.3 is 0 Å². The molecule has 3 rings (SSSR count). The number of amides is 1. The second-order valence-corrected chi connectivity index (χ2v) is 9.02. The van der Waals surface area contributed by atoms with Gasteiger partial charge in [0.2, 0.25) is 0 Å². The third-order valence-corrected chi connectivity index (χ3v) is 5.85. The van der Waals surface area contributed by atoms with Gasteiger partial charge in [0.25, 0.3) is 5.91 Å². The average molecular weight is 439 g/mol. The fraction of sp³-hybridized carbons (Fsp3) is 0.360. The first-order chi connectivity index (χ1) is 14.9. The van der Waals surface area contributed by atoms with E-state index >= 15 is 0 Å². The lowest BCUT2D eigenvalue weighted by Crippen LogP contribution is -2.33. The van der Waals surface area contributed by atoms with Crippen LogP contribution in [0.15, 0.2) is 47.8 Å². The molecule has 0 unspecified atom stereocenters. The van der Waals surface area contributed by atoms with E-state index in [4.69, 9.17) is 14.5 Å². The molecule has 0 aliphatic rings. The van der Waals surface area contributed by atoms with Gasteiger partial charge in [-0.25, -0.2) is 4.98 Å². The minimum atomic E-state index is -0.0199. The smallest absolute Gasteiger partial charge is 0.254 e. The zero-order valence-corrected chi connectivity index (χ0v) is 19.7. The van der Waals surface area contributed by atoms with E-state index in [9.17, 15) is 4.79 Å². The van der Waals surface area contributed by atoms with Crippen LogP contribution in [-0.2, 0) is 13.2 Å². The Hall–Kier alpha value is -2.86. The average Bonchev–Trinajstić information content (AvgIpc) is 3.20. The van der Waals surface area contributed by atoms with Crippen LogP contribution in [0, 0.1) is 19.8 Å². The summed E-state index contributed by atoms with van der Waals surface area (Å²) in [7, 11) is 1.60. The summed E-state index contributed by atoms with van der Waals surface area (Å²) in [5.41, 5.74) is 3.95. The lowest BCUT2D eigenvalue weighted by molar-refractivity contribution is 0.0720. The molecule has 0 radical (unpaired) electrons. The maximum atomic E-state index is 13.2. The van der Waals surface area contributed by atoms with Crippen molar-refractivity contribution in [2.45, 2.75) is 40.8 Å². The molecule has 1 amide bonds. The predicted octanol–water partition coefficient (Wildman–Crippen LogP) is 5.65. The zero-order valence-electron chi connectivity index (χ0n) is 18.8. The van der Waals surface area contributed by atoms with Gasteiger partial charge in [0.1, 0.15) is 23.1 Å². The normalized spacial score (nSPS) is 10.9. The molecular formula is C25H30N2O3S. The molecule has 0 N–H and O–H groups in total. The van der Waals surface area contributed by atoms with Gasteiger partial charge in [0, 0.05) is 17.5 Å². The summed E-state index contributed by atoms with van der Waals surface area (Å²) >= 11 is 1.56. The third-order valence-electron chi connectivity index (χ3n) is 4.98. The standard InChI is InChI=1S/C25H30N2O3S/c1-17(2)13-27(25(28)20-7-6-8-22(12-20)29-5)14-21-16-31-24(26-21)15-30-23-10-9-18(3)19(4)11-23/h6-12,16-17H,13-15H2,1-5H3. The Morgan fingerprint density at radius 1 is 1.10 bits per heavy atom. The Balaban J connectivity index is 1.68. The van der Waals surface area contributed by atoms with Crippen LogP contribution < -0.4 is 9.47 Å². The molecular weight excluding hydrogens is 408 g/mol. The number of aryl methyl sites for hydroxylation is 2. The summed E-state index contributed by atoms with van der Waals surface area (Å²) in [6, 6.07) is 13.4. The first-order valence-corrected chi connectivity index (χ1v) is 11.3. The van der Waals surface area contributed by atoms with Crippen LogP contribution in [0.5, 0.6) is 11.5 Å². The summed E-state index contributed by atoms with van der Waals surface area (Å²) in [5, 5.41) is 2.90. The largest absolute Gasteiger partial charge is 0.497 e. The van der Waals surface area contributed by atoms with E-state index in [1.165, 1.54) is 11.1 Å². The summed E-state index contributed by atoms with van der Waals surface area (Å²) < 4.78 is 11.2. The van der Waals surface area contributed by atoms with Crippen molar-refractivity contribution in [1.29, 1.82) is 0 Å². The van der Waals surface area contributed by atoms with Crippen molar-refractivity contribution in [2.24, 2.45) is 5.92 Å². The topological polar surface area (TPSA) is 51.7 Å². The number of methoxy groups -OCH3 is 1. The predicted molar refractivity (Wildman–Crippen MR) is 125 cm³/mol. The highest BCUT2D eigenvalue weighted by Gasteiger charge is 2.19. The maximum Gasteiger partial charge on any atom is 0.254 e. The molecule has 2 aromatic carbocycles. The maximum absolute atomic E-state index is 13.2. The van der Waals surface area contributed by atoms with Crippen molar-refractivity contribution in [3.8, 4) is 11.5 Å². The molecule has 0 bridgehead atoms. The van der Waals surface area contributed by atoms with Crippen molar-refractivity contribution < 1.29 is 14.3 Å². The monoisotopic (exact) mass is 438 g/mol. The van der Waals surface area contributed by atoms with E-state index in [0.29, 0.717) is 36.9 Å². The number of ether oxygens (including phenoxy) is 2.